The van der Waals surface area contributed by atoms with Crippen LogP contribution < -0.4 is 5.32 Å². The van der Waals surface area contributed by atoms with Gasteiger partial charge in [0.2, 0.25) is 0 Å². The van der Waals surface area contributed by atoms with E-state index in [-0.39, 0.29) is 6.04 Å². The summed E-state index contributed by atoms with van der Waals surface area (Å²) in [7, 11) is 1.95. The van der Waals surface area contributed by atoms with Gasteiger partial charge in [0.05, 0.1) is 11.7 Å². The molecule has 0 fully saturated rings. The highest BCUT2D eigenvalue weighted by Gasteiger charge is 2.14. The molecular formula is C13H17BrN4. The number of nitrogens with one attached hydrogen (secondary N) is 1. The highest BCUT2D eigenvalue weighted by atomic mass is 79.9. The molecule has 2 aromatic rings. The number of aryl methyl sites for hydroxylation is 1. The van der Waals surface area contributed by atoms with Gasteiger partial charge in [-0.05, 0) is 42.0 Å². The predicted molar refractivity (Wildman–Crippen MR) is 75.3 cm³/mol. The maximum absolute atomic E-state index is 4.44. The van der Waals surface area contributed by atoms with E-state index >= 15 is 0 Å². The minimum Gasteiger partial charge on any atom is -0.335 e. The zero-order chi connectivity index (χ0) is 13.0. The molecule has 1 unspecified atom stereocenters. The van der Waals surface area contributed by atoms with Crippen LogP contribution in [0.15, 0.2) is 35.2 Å². The molecule has 4 nitrogen and oxygen atoms in total. The van der Waals surface area contributed by atoms with Crippen LogP contribution in [0.25, 0.3) is 0 Å². The molecule has 0 aromatic carbocycles. The fraction of sp³-hybridized carbons (Fsp3) is 0.385. The lowest BCUT2D eigenvalue weighted by Gasteiger charge is -2.16. The summed E-state index contributed by atoms with van der Waals surface area (Å²) in [6.07, 6.45) is 6.52. The maximum atomic E-state index is 4.44. The SMILES string of the molecule is CCn1ccnc1CC(NC)c1ccc(Br)cn1. The fourth-order valence-electron chi connectivity index (χ4n) is 1.95. The first-order chi connectivity index (χ1) is 8.74. The normalized spacial score (nSPS) is 12.6. The standard InChI is InChI=1S/C13H17BrN4/c1-3-18-7-6-16-13(18)8-12(15-2)11-5-4-10(14)9-17-11/h4-7,9,12,15H,3,8H2,1-2H3. The van der Waals surface area contributed by atoms with E-state index in [1.165, 1.54) is 0 Å². The number of rotatable bonds is 5. The number of imidazole rings is 1. The van der Waals surface area contributed by atoms with Gasteiger partial charge in [0, 0.05) is 36.0 Å². The first-order valence-corrected chi connectivity index (χ1v) is 6.82. The van der Waals surface area contributed by atoms with E-state index in [1.807, 2.05) is 37.8 Å². The van der Waals surface area contributed by atoms with Crippen LogP contribution in [-0.2, 0) is 13.0 Å². The molecule has 0 bridgehead atoms. The molecule has 18 heavy (non-hydrogen) atoms. The molecule has 0 aliphatic heterocycles. The largest absolute Gasteiger partial charge is 0.335 e. The summed E-state index contributed by atoms with van der Waals surface area (Å²) in [6.45, 7) is 3.07. The summed E-state index contributed by atoms with van der Waals surface area (Å²) in [5, 5.41) is 3.30. The van der Waals surface area contributed by atoms with E-state index < -0.39 is 0 Å². The van der Waals surface area contributed by atoms with Crippen molar-refractivity contribution in [3.63, 3.8) is 0 Å². The number of nitrogens with zero attached hydrogens (tertiary/aromatic N) is 3. The minimum absolute atomic E-state index is 0.186. The average Bonchev–Trinajstić information content (AvgIpc) is 2.84. The molecule has 0 spiro atoms. The van der Waals surface area contributed by atoms with Crippen LogP contribution in [0, 0.1) is 0 Å². The summed E-state index contributed by atoms with van der Waals surface area (Å²) in [6, 6.07) is 4.23. The van der Waals surface area contributed by atoms with Crippen LogP contribution in [0.2, 0.25) is 0 Å². The summed E-state index contributed by atoms with van der Waals surface area (Å²) in [5.41, 5.74) is 1.03. The maximum Gasteiger partial charge on any atom is 0.110 e. The van der Waals surface area contributed by atoms with Crippen LogP contribution in [0.4, 0.5) is 0 Å². The predicted octanol–water partition coefficient (Wildman–Crippen LogP) is 2.56. The van der Waals surface area contributed by atoms with Gasteiger partial charge in [0.15, 0.2) is 0 Å². The van der Waals surface area contributed by atoms with Gasteiger partial charge in [-0.25, -0.2) is 4.98 Å². The van der Waals surface area contributed by atoms with Gasteiger partial charge >= 0.3 is 0 Å². The third-order valence-corrected chi connectivity index (χ3v) is 3.45. The molecule has 2 aromatic heterocycles. The van der Waals surface area contributed by atoms with E-state index in [1.54, 1.807) is 0 Å². The topological polar surface area (TPSA) is 42.7 Å². The molecule has 2 rings (SSSR count). The summed E-state index contributed by atoms with van der Waals surface area (Å²) >= 11 is 3.40. The number of pyridine rings is 1. The van der Waals surface area contributed by atoms with Gasteiger partial charge in [-0.1, -0.05) is 0 Å². The Hall–Kier alpha value is -1.20. The number of likely N-dealkylation sites (N-methyl/N-ethyl adjacent to an activating group) is 1. The molecule has 0 aliphatic carbocycles. The van der Waals surface area contributed by atoms with Crippen LogP contribution in [0.3, 0.4) is 0 Å². The van der Waals surface area contributed by atoms with E-state index in [0.717, 1.165) is 29.0 Å². The third kappa shape index (κ3) is 2.97. The Bertz CT molecular complexity index is 492. The highest BCUT2D eigenvalue weighted by Crippen LogP contribution is 2.17. The smallest absolute Gasteiger partial charge is 0.110 e. The van der Waals surface area contributed by atoms with Crippen molar-refractivity contribution in [2.75, 3.05) is 7.05 Å². The van der Waals surface area contributed by atoms with Crippen molar-refractivity contribution in [2.24, 2.45) is 0 Å². The molecule has 2 heterocycles. The van der Waals surface area contributed by atoms with Gasteiger partial charge in [0.1, 0.15) is 5.82 Å². The molecule has 1 atom stereocenters. The molecular weight excluding hydrogens is 292 g/mol. The summed E-state index contributed by atoms with van der Waals surface area (Å²) in [5.74, 6) is 1.08. The van der Waals surface area contributed by atoms with Gasteiger partial charge in [-0.3, -0.25) is 4.98 Å². The second-order valence-electron chi connectivity index (χ2n) is 4.08. The summed E-state index contributed by atoms with van der Waals surface area (Å²) < 4.78 is 3.15. The first-order valence-electron chi connectivity index (χ1n) is 6.03. The quantitative estimate of drug-likeness (QED) is 0.923. The highest BCUT2D eigenvalue weighted by molar-refractivity contribution is 9.10. The van der Waals surface area contributed by atoms with Gasteiger partial charge < -0.3 is 9.88 Å². The van der Waals surface area contributed by atoms with Crippen molar-refractivity contribution in [2.45, 2.75) is 25.9 Å². The lowest BCUT2D eigenvalue weighted by atomic mass is 10.1. The first kappa shape index (κ1) is 13.2. The van der Waals surface area contributed by atoms with Crippen molar-refractivity contribution >= 4 is 15.9 Å². The van der Waals surface area contributed by atoms with Crippen molar-refractivity contribution < 1.29 is 0 Å². The van der Waals surface area contributed by atoms with Crippen LogP contribution in [-0.4, -0.2) is 21.6 Å². The Kier molecular flexibility index (Phi) is 4.49. The van der Waals surface area contributed by atoms with Gasteiger partial charge in [0.25, 0.3) is 0 Å². The molecule has 5 heteroatoms. The second-order valence-corrected chi connectivity index (χ2v) is 4.99. The van der Waals surface area contributed by atoms with E-state index in [9.17, 15) is 0 Å². The Labute approximate surface area is 116 Å². The average molecular weight is 309 g/mol. The lowest BCUT2D eigenvalue weighted by molar-refractivity contribution is 0.541. The lowest BCUT2D eigenvalue weighted by Crippen LogP contribution is -2.21. The molecule has 0 amide bonds. The molecule has 0 saturated carbocycles. The second kappa shape index (κ2) is 6.11. The van der Waals surface area contributed by atoms with E-state index in [4.69, 9.17) is 0 Å². The number of halogens is 1. The summed E-state index contributed by atoms with van der Waals surface area (Å²) in [4.78, 5) is 8.84. The number of aromatic nitrogens is 3. The fourth-order valence-corrected chi connectivity index (χ4v) is 2.18. The molecule has 0 saturated heterocycles. The van der Waals surface area contributed by atoms with E-state index in [2.05, 4.69) is 42.7 Å². The van der Waals surface area contributed by atoms with Crippen molar-refractivity contribution in [1.29, 1.82) is 0 Å². The molecule has 0 aliphatic rings. The monoisotopic (exact) mass is 308 g/mol. The molecule has 0 radical (unpaired) electrons. The van der Waals surface area contributed by atoms with Crippen molar-refractivity contribution in [3.05, 3.63) is 46.7 Å². The van der Waals surface area contributed by atoms with Crippen LogP contribution in [0.1, 0.15) is 24.5 Å². The zero-order valence-electron chi connectivity index (χ0n) is 10.6. The zero-order valence-corrected chi connectivity index (χ0v) is 12.2. The van der Waals surface area contributed by atoms with Crippen LogP contribution in [0.5, 0.6) is 0 Å². The van der Waals surface area contributed by atoms with Crippen molar-refractivity contribution in [1.82, 2.24) is 19.9 Å². The van der Waals surface area contributed by atoms with Gasteiger partial charge in [-0.2, -0.15) is 0 Å². The van der Waals surface area contributed by atoms with Crippen molar-refractivity contribution in [3.8, 4) is 0 Å². The van der Waals surface area contributed by atoms with Gasteiger partial charge in [-0.15, -0.1) is 0 Å². The van der Waals surface area contributed by atoms with E-state index in [0.29, 0.717) is 0 Å². The Morgan fingerprint density at radius 3 is 2.83 bits per heavy atom. The van der Waals surface area contributed by atoms with Crippen LogP contribution >= 0.6 is 15.9 Å². The Morgan fingerprint density at radius 2 is 2.22 bits per heavy atom. The Balaban J connectivity index is 2.17. The molecule has 96 valence electrons. The minimum atomic E-state index is 0.186. The number of hydrogen-bond donors (Lipinski definition) is 1. The number of hydrogen-bond acceptors (Lipinski definition) is 3. The third-order valence-electron chi connectivity index (χ3n) is 2.98. The molecule has 1 N–H and O–H groups in total. The Morgan fingerprint density at radius 1 is 1.39 bits per heavy atom.